The van der Waals surface area contributed by atoms with Crippen molar-refractivity contribution < 1.29 is 4.79 Å². The van der Waals surface area contributed by atoms with E-state index in [-0.39, 0.29) is 5.69 Å². The van der Waals surface area contributed by atoms with Gasteiger partial charge in [-0.25, -0.2) is 9.50 Å². The zero-order valence-electron chi connectivity index (χ0n) is 13.9. The van der Waals surface area contributed by atoms with Crippen molar-refractivity contribution >= 4 is 33.8 Å². The van der Waals surface area contributed by atoms with Gasteiger partial charge in [-0.3, -0.25) is 9.89 Å². The molecule has 8 heteroatoms. The summed E-state index contributed by atoms with van der Waals surface area (Å²) in [5.74, 6) is 0.715. The SMILES string of the molecule is NC(=O)c1n[nH]c2ccc(Nc3nccn4nc(C5CCC5)cc34)cc12. The van der Waals surface area contributed by atoms with Gasteiger partial charge in [0.15, 0.2) is 11.5 Å². The van der Waals surface area contributed by atoms with Crippen molar-refractivity contribution in [2.75, 3.05) is 5.32 Å². The third-order valence-electron chi connectivity index (χ3n) is 4.99. The summed E-state index contributed by atoms with van der Waals surface area (Å²) in [6.45, 7) is 0. The van der Waals surface area contributed by atoms with Crippen molar-refractivity contribution in [2.45, 2.75) is 25.2 Å². The molecule has 26 heavy (non-hydrogen) atoms. The Hall–Kier alpha value is -3.42. The van der Waals surface area contributed by atoms with E-state index in [0.29, 0.717) is 17.1 Å². The number of aromatic nitrogens is 5. The minimum absolute atomic E-state index is 0.228. The van der Waals surface area contributed by atoms with Gasteiger partial charge < -0.3 is 11.1 Å². The standard InChI is InChI=1S/C18H17N7O/c19-17(26)16-12-8-11(4-5-13(12)22-23-16)21-18-15-9-14(10-2-1-3-10)24-25(15)7-6-20-18/h4-10H,1-3H2,(H2,19,26)(H,20,21)(H,22,23). The maximum Gasteiger partial charge on any atom is 0.269 e. The van der Waals surface area contributed by atoms with Gasteiger partial charge in [-0.05, 0) is 37.1 Å². The highest BCUT2D eigenvalue weighted by Gasteiger charge is 2.23. The van der Waals surface area contributed by atoms with Crippen LogP contribution in [0.5, 0.6) is 0 Å². The Morgan fingerprint density at radius 2 is 2.19 bits per heavy atom. The highest BCUT2D eigenvalue weighted by molar-refractivity contribution is 6.04. The van der Waals surface area contributed by atoms with Crippen molar-refractivity contribution in [1.82, 2.24) is 24.8 Å². The van der Waals surface area contributed by atoms with E-state index in [9.17, 15) is 4.79 Å². The number of rotatable bonds is 4. The second kappa shape index (κ2) is 5.55. The fourth-order valence-corrected chi connectivity index (χ4v) is 3.36. The molecule has 0 aliphatic heterocycles. The van der Waals surface area contributed by atoms with Crippen LogP contribution in [0.25, 0.3) is 16.4 Å². The molecule has 4 N–H and O–H groups in total. The summed E-state index contributed by atoms with van der Waals surface area (Å²) in [5, 5.41) is 15.5. The predicted molar refractivity (Wildman–Crippen MR) is 97.5 cm³/mol. The maximum atomic E-state index is 11.5. The third-order valence-corrected chi connectivity index (χ3v) is 4.99. The van der Waals surface area contributed by atoms with Crippen molar-refractivity contribution in [3.63, 3.8) is 0 Å². The number of primary amides is 1. The number of H-pyrrole nitrogens is 1. The highest BCUT2D eigenvalue weighted by atomic mass is 16.1. The number of fused-ring (bicyclic) bond motifs is 2. The normalized spacial score (nSPS) is 14.6. The Morgan fingerprint density at radius 3 is 2.96 bits per heavy atom. The average Bonchev–Trinajstić information content (AvgIpc) is 3.17. The van der Waals surface area contributed by atoms with Crippen LogP contribution in [0.4, 0.5) is 11.5 Å². The van der Waals surface area contributed by atoms with Gasteiger partial charge in [0, 0.05) is 29.4 Å². The number of nitrogens with zero attached hydrogens (tertiary/aromatic N) is 4. The van der Waals surface area contributed by atoms with Gasteiger partial charge in [0.2, 0.25) is 0 Å². The first-order valence-electron chi connectivity index (χ1n) is 8.58. The summed E-state index contributed by atoms with van der Waals surface area (Å²) < 4.78 is 1.86. The predicted octanol–water partition coefficient (Wildman–Crippen LogP) is 2.72. The molecule has 0 radical (unpaired) electrons. The first kappa shape index (κ1) is 14.9. The fraction of sp³-hybridized carbons (Fsp3) is 0.222. The molecule has 1 aliphatic carbocycles. The molecular weight excluding hydrogens is 330 g/mol. The van der Waals surface area contributed by atoms with Crippen LogP contribution in [0.1, 0.15) is 41.4 Å². The minimum Gasteiger partial charge on any atom is -0.364 e. The van der Waals surface area contributed by atoms with E-state index < -0.39 is 5.91 Å². The first-order chi connectivity index (χ1) is 12.7. The van der Waals surface area contributed by atoms with E-state index in [4.69, 9.17) is 5.73 Å². The lowest BCUT2D eigenvalue weighted by atomic mass is 9.83. The average molecular weight is 347 g/mol. The summed E-state index contributed by atoms with van der Waals surface area (Å²) >= 11 is 0. The summed E-state index contributed by atoms with van der Waals surface area (Å²) in [6, 6.07) is 7.70. The van der Waals surface area contributed by atoms with E-state index in [1.54, 1.807) is 6.20 Å². The molecule has 1 amide bonds. The van der Waals surface area contributed by atoms with Gasteiger partial charge in [-0.15, -0.1) is 0 Å². The van der Waals surface area contributed by atoms with Gasteiger partial charge in [0.05, 0.1) is 11.2 Å². The number of hydrogen-bond acceptors (Lipinski definition) is 5. The molecular formula is C18H17N7O. The lowest BCUT2D eigenvalue weighted by molar-refractivity contribution is 0.0997. The van der Waals surface area contributed by atoms with Crippen LogP contribution in [0, 0.1) is 0 Å². The summed E-state index contributed by atoms with van der Waals surface area (Å²) in [6.07, 6.45) is 7.25. The number of aromatic amines is 1. The largest absolute Gasteiger partial charge is 0.364 e. The first-order valence-corrected chi connectivity index (χ1v) is 8.58. The zero-order chi connectivity index (χ0) is 17.7. The van der Waals surface area contributed by atoms with Crippen LogP contribution >= 0.6 is 0 Å². The summed E-state index contributed by atoms with van der Waals surface area (Å²) in [5.41, 5.74) is 9.22. The molecule has 130 valence electrons. The van der Waals surface area contributed by atoms with Crippen molar-refractivity contribution in [2.24, 2.45) is 5.73 Å². The minimum atomic E-state index is -0.561. The Morgan fingerprint density at radius 1 is 1.31 bits per heavy atom. The van der Waals surface area contributed by atoms with Gasteiger partial charge in [-0.1, -0.05) is 6.42 Å². The van der Waals surface area contributed by atoms with Crippen LogP contribution in [-0.4, -0.2) is 30.7 Å². The van der Waals surface area contributed by atoms with Crippen LogP contribution in [-0.2, 0) is 0 Å². The zero-order valence-corrected chi connectivity index (χ0v) is 13.9. The quantitative estimate of drug-likeness (QED) is 0.525. The molecule has 3 aromatic heterocycles. The molecule has 1 saturated carbocycles. The Labute approximate surface area is 148 Å². The number of amides is 1. The molecule has 1 fully saturated rings. The number of nitrogens with one attached hydrogen (secondary N) is 2. The Bertz CT molecular complexity index is 1140. The van der Waals surface area contributed by atoms with Crippen LogP contribution in [0.3, 0.4) is 0 Å². The number of carbonyl (C=O) groups excluding carboxylic acids is 1. The van der Waals surface area contributed by atoms with Gasteiger partial charge in [-0.2, -0.15) is 10.2 Å². The monoisotopic (exact) mass is 347 g/mol. The molecule has 3 heterocycles. The maximum absolute atomic E-state index is 11.5. The molecule has 0 spiro atoms. The van der Waals surface area contributed by atoms with E-state index in [1.165, 1.54) is 19.3 Å². The molecule has 5 rings (SSSR count). The molecule has 0 unspecified atom stereocenters. The van der Waals surface area contributed by atoms with Crippen molar-refractivity contribution in [1.29, 1.82) is 0 Å². The van der Waals surface area contributed by atoms with Gasteiger partial charge >= 0.3 is 0 Å². The topological polar surface area (TPSA) is 114 Å². The van der Waals surface area contributed by atoms with Crippen LogP contribution in [0.2, 0.25) is 0 Å². The fourth-order valence-electron chi connectivity index (χ4n) is 3.36. The van der Waals surface area contributed by atoms with Crippen molar-refractivity contribution in [3.05, 3.63) is 48.0 Å². The lowest BCUT2D eigenvalue weighted by Gasteiger charge is -2.22. The summed E-state index contributed by atoms with van der Waals surface area (Å²) in [4.78, 5) is 16.0. The molecule has 0 atom stereocenters. The summed E-state index contributed by atoms with van der Waals surface area (Å²) in [7, 11) is 0. The number of hydrogen-bond donors (Lipinski definition) is 3. The third kappa shape index (κ3) is 2.30. The number of carbonyl (C=O) groups is 1. The Balaban J connectivity index is 1.54. The molecule has 1 aromatic carbocycles. The molecule has 1 aliphatic rings. The van der Waals surface area contributed by atoms with Gasteiger partial charge in [0.25, 0.3) is 5.91 Å². The van der Waals surface area contributed by atoms with E-state index in [2.05, 4.69) is 31.7 Å². The second-order valence-corrected chi connectivity index (χ2v) is 6.62. The van der Waals surface area contributed by atoms with Crippen molar-refractivity contribution in [3.8, 4) is 0 Å². The molecule has 8 nitrogen and oxygen atoms in total. The number of benzene rings is 1. The van der Waals surface area contributed by atoms with E-state index in [1.807, 2.05) is 28.9 Å². The smallest absolute Gasteiger partial charge is 0.269 e. The highest BCUT2D eigenvalue weighted by Crippen LogP contribution is 2.36. The second-order valence-electron chi connectivity index (χ2n) is 6.62. The van der Waals surface area contributed by atoms with Gasteiger partial charge in [0.1, 0.15) is 5.52 Å². The lowest BCUT2D eigenvalue weighted by Crippen LogP contribution is -2.11. The Kier molecular flexibility index (Phi) is 3.18. The molecule has 0 saturated heterocycles. The van der Waals surface area contributed by atoms with Crippen LogP contribution < -0.4 is 11.1 Å². The van der Waals surface area contributed by atoms with E-state index in [0.717, 1.165) is 22.4 Å². The molecule has 4 aromatic rings. The number of anilines is 2. The van der Waals surface area contributed by atoms with E-state index >= 15 is 0 Å². The number of nitrogens with two attached hydrogens (primary N) is 1. The molecule has 0 bridgehead atoms. The van der Waals surface area contributed by atoms with Crippen LogP contribution in [0.15, 0.2) is 36.7 Å².